The molecule has 1 unspecified atom stereocenters. The summed E-state index contributed by atoms with van der Waals surface area (Å²) in [5, 5.41) is 12.8. The van der Waals surface area contributed by atoms with E-state index in [1.807, 2.05) is 31.2 Å². The molecule has 1 aromatic rings. The number of aryl methyl sites for hydroxylation is 1. The van der Waals surface area contributed by atoms with E-state index >= 15 is 0 Å². The van der Waals surface area contributed by atoms with Gasteiger partial charge in [-0.25, -0.2) is 4.99 Å². The quantitative estimate of drug-likeness (QED) is 0.853. The van der Waals surface area contributed by atoms with Gasteiger partial charge in [0, 0.05) is 12.4 Å². The van der Waals surface area contributed by atoms with Crippen LogP contribution in [0, 0.1) is 6.92 Å². The third-order valence-electron chi connectivity index (χ3n) is 2.39. The maximum atomic E-state index is 11.5. The first-order valence-corrected chi connectivity index (χ1v) is 6.25. The molecular formula is C12H11N2O3S-. The van der Waals surface area contributed by atoms with Crippen LogP contribution < -0.4 is 10.4 Å². The van der Waals surface area contributed by atoms with Gasteiger partial charge in [0.2, 0.25) is 5.91 Å². The van der Waals surface area contributed by atoms with Crippen molar-refractivity contribution in [3.05, 3.63) is 29.8 Å². The smallest absolute Gasteiger partial charge is 0.239 e. The second-order valence-corrected chi connectivity index (χ2v) is 5.12. The molecule has 1 amide bonds. The molecule has 94 valence electrons. The lowest BCUT2D eigenvalue weighted by Crippen LogP contribution is -2.31. The topological polar surface area (TPSA) is 81.6 Å². The molecule has 1 fully saturated rings. The number of carboxylic acid groups (broad SMARTS) is 1. The number of amides is 1. The normalized spacial score (nSPS) is 21.1. The van der Waals surface area contributed by atoms with Crippen LogP contribution in [0.5, 0.6) is 0 Å². The van der Waals surface area contributed by atoms with Gasteiger partial charge in [-0.05, 0) is 19.1 Å². The number of thioether (sulfide) groups is 1. The van der Waals surface area contributed by atoms with E-state index in [4.69, 9.17) is 0 Å². The first-order valence-electron chi connectivity index (χ1n) is 5.37. The molecule has 1 N–H and O–H groups in total. The molecule has 0 radical (unpaired) electrons. The Bertz CT molecular complexity index is 511. The predicted octanol–water partition coefficient (Wildman–Crippen LogP) is 0.354. The van der Waals surface area contributed by atoms with E-state index < -0.39 is 11.2 Å². The zero-order valence-corrected chi connectivity index (χ0v) is 10.5. The van der Waals surface area contributed by atoms with Crippen molar-refractivity contribution in [1.82, 2.24) is 5.32 Å². The van der Waals surface area contributed by atoms with Crippen molar-refractivity contribution in [2.45, 2.75) is 18.6 Å². The third kappa shape index (κ3) is 3.10. The number of benzene rings is 1. The number of hydrogen-bond acceptors (Lipinski definition) is 5. The van der Waals surface area contributed by atoms with E-state index in [2.05, 4.69) is 10.3 Å². The van der Waals surface area contributed by atoms with Crippen molar-refractivity contribution in [2.75, 3.05) is 0 Å². The molecule has 0 saturated carbocycles. The van der Waals surface area contributed by atoms with Gasteiger partial charge in [-0.1, -0.05) is 29.5 Å². The number of nitrogens with one attached hydrogen (secondary N) is 1. The van der Waals surface area contributed by atoms with Crippen LogP contribution in [0.25, 0.3) is 0 Å². The Balaban J connectivity index is 2.09. The number of carbonyl (C=O) groups excluding carboxylic acids is 2. The minimum atomic E-state index is -1.24. The summed E-state index contributed by atoms with van der Waals surface area (Å²) in [7, 11) is 0. The Morgan fingerprint density at radius 1 is 1.44 bits per heavy atom. The van der Waals surface area contributed by atoms with Crippen molar-refractivity contribution < 1.29 is 14.7 Å². The maximum absolute atomic E-state index is 11.5. The van der Waals surface area contributed by atoms with E-state index in [9.17, 15) is 14.7 Å². The van der Waals surface area contributed by atoms with Gasteiger partial charge in [0.1, 0.15) is 0 Å². The molecule has 6 heteroatoms. The molecule has 0 spiro atoms. The Kier molecular flexibility index (Phi) is 3.66. The van der Waals surface area contributed by atoms with Crippen LogP contribution in [0.2, 0.25) is 0 Å². The zero-order chi connectivity index (χ0) is 13.1. The van der Waals surface area contributed by atoms with Crippen LogP contribution in [0.1, 0.15) is 12.0 Å². The van der Waals surface area contributed by atoms with Gasteiger partial charge in [-0.15, -0.1) is 0 Å². The highest BCUT2D eigenvalue weighted by Crippen LogP contribution is 2.24. The predicted molar refractivity (Wildman–Crippen MR) is 67.4 cm³/mol. The highest BCUT2D eigenvalue weighted by molar-refractivity contribution is 8.15. The summed E-state index contributed by atoms with van der Waals surface area (Å²) in [6, 6.07) is 7.50. The molecule has 0 aromatic heterocycles. The molecule has 5 nitrogen and oxygen atoms in total. The van der Waals surface area contributed by atoms with Crippen LogP contribution in [-0.2, 0) is 9.59 Å². The van der Waals surface area contributed by atoms with Gasteiger partial charge in [0.15, 0.2) is 5.17 Å². The summed E-state index contributed by atoms with van der Waals surface area (Å²) < 4.78 is 0. The van der Waals surface area contributed by atoms with E-state index in [0.717, 1.165) is 23.0 Å². The largest absolute Gasteiger partial charge is 0.550 e. The van der Waals surface area contributed by atoms with Crippen molar-refractivity contribution in [3.8, 4) is 0 Å². The molecular weight excluding hydrogens is 252 g/mol. The lowest BCUT2D eigenvalue weighted by atomic mass is 10.2. The van der Waals surface area contributed by atoms with Gasteiger partial charge in [-0.2, -0.15) is 0 Å². The van der Waals surface area contributed by atoms with Gasteiger partial charge < -0.3 is 15.2 Å². The standard InChI is InChI=1S/C12H12N2O3S/c1-7-2-4-8(5-3-7)13-12-14-11(17)9(18-12)6-10(15)16/h2-5,9H,6H2,1H3,(H,15,16)(H,13,14,17)/p-1. The van der Waals surface area contributed by atoms with E-state index in [1.165, 1.54) is 0 Å². The van der Waals surface area contributed by atoms with E-state index in [0.29, 0.717) is 5.17 Å². The molecule has 1 aliphatic rings. The zero-order valence-electron chi connectivity index (χ0n) is 9.67. The highest BCUT2D eigenvalue weighted by atomic mass is 32.2. The number of amidine groups is 1. The fourth-order valence-electron chi connectivity index (χ4n) is 1.48. The average Bonchev–Trinajstić information content (AvgIpc) is 2.62. The molecule has 0 bridgehead atoms. The molecule has 1 aromatic carbocycles. The minimum Gasteiger partial charge on any atom is -0.550 e. The minimum absolute atomic E-state index is 0.302. The number of hydrogen-bond donors (Lipinski definition) is 1. The fraction of sp³-hybridized carbons (Fsp3) is 0.250. The number of carboxylic acids is 1. The summed E-state index contributed by atoms with van der Waals surface area (Å²) >= 11 is 1.11. The summed E-state index contributed by atoms with van der Waals surface area (Å²) in [5.41, 5.74) is 1.84. The third-order valence-corrected chi connectivity index (χ3v) is 3.48. The molecule has 1 heterocycles. The maximum Gasteiger partial charge on any atom is 0.239 e. The Hall–Kier alpha value is -1.82. The summed E-state index contributed by atoms with van der Waals surface area (Å²) in [6.07, 6.45) is -0.302. The molecule has 2 rings (SSSR count). The fourth-order valence-corrected chi connectivity index (χ4v) is 2.45. The number of rotatable bonds is 3. The van der Waals surface area contributed by atoms with Crippen LogP contribution >= 0.6 is 11.8 Å². The monoisotopic (exact) mass is 263 g/mol. The van der Waals surface area contributed by atoms with Crippen molar-refractivity contribution in [2.24, 2.45) is 4.99 Å². The number of nitrogens with zero attached hydrogens (tertiary/aromatic N) is 1. The lowest BCUT2D eigenvalue weighted by molar-refractivity contribution is -0.305. The summed E-state index contributed by atoms with van der Waals surface area (Å²) in [4.78, 5) is 26.2. The summed E-state index contributed by atoms with van der Waals surface area (Å²) in [5.74, 6) is -1.57. The number of carbonyl (C=O) groups is 2. The molecule has 0 aliphatic carbocycles. The van der Waals surface area contributed by atoms with Crippen LogP contribution in [0.4, 0.5) is 5.69 Å². The van der Waals surface area contributed by atoms with Gasteiger partial charge in [0.05, 0.1) is 10.9 Å². The Labute approximate surface area is 108 Å². The van der Waals surface area contributed by atoms with Crippen molar-refractivity contribution in [3.63, 3.8) is 0 Å². The first-order chi connectivity index (χ1) is 8.54. The Morgan fingerprint density at radius 3 is 2.72 bits per heavy atom. The molecule has 1 aliphatic heterocycles. The van der Waals surface area contributed by atoms with E-state index in [1.54, 1.807) is 0 Å². The molecule has 1 atom stereocenters. The number of aliphatic carboxylic acids is 1. The number of aliphatic imine (C=N–C) groups is 1. The van der Waals surface area contributed by atoms with Crippen LogP contribution in [0.15, 0.2) is 29.3 Å². The molecule has 1 saturated heterocycles. The lowest BCUT2D eigenvalue weighted by Gasteiger charge is -2.04. The molecule has 18 heavy (non-hydrogen) atoms. The van der Waals surface area contributed by atoms with Crippen LogP contribution in [0.3, 0.4) is 0 Å². The van der Waals surface area contributed by atoms with Crippen LogP contribution in [-0.4, -0.2) is 22.3 Å². The Morgan fingerprint density at radius 2 is 2.11 bits per heavy atom. The van der Waals surface area contributed by atoms with Gasteiger partial charge >= 0.3 is 0 Å². The summed E-state index contributed by atoms with van der Waals surface area (Å²) in [6.45, 7) is 1.97. The second kappa shape index (κ2) is 5.22. The SMILES string of the molecule is Cc1ccc(N=C2NC(=O)C(CC(=O)[O-])S2)cc1. The van der Waals surface area contributed by atoms with E-state index in [-0.39, 0.29) is 12.3 Å². The highest BCUT2D eigenvalue weighted by Gasteiger charge is 2.30. The van der Waals surface area contributed by atoms with Crippen molar-refractivity contribution in [1.29, 1.82) is 0 Å². The van der Waals surface area contributed by atoms with Crippen molar-refractivity contribution >= 4 is 34.5 Å². The average molecular weight is 263 g/mol. The first kappa shape index (κ1) is 12.6. The second-order valence-electron chi connectivity index (χ2n) is 3.92. The van der Waals surface area contributed by atoms with Gasteiger partial charge in [0.25, 0.3) is 0 Å². The van der Waals surface area contributed by atoms with Gasteiger partial charge in [-0.3, -0.25) is 4.79 Å².